The van der Waals surface area contributed by atoms with E-state index in [1.54, 1.807) is 6.07 Å². The van der Waals surface area contributed by atoms with Gasteiger partial charge in [0.15, 0.2) is 0 Å². The zero-order chi connectivity index (χ0) is 16.2. The number of nitrogens with one attached hydrogen (secondary N) is 1. The fourth-order valence-corrected chi connectivity index (χ4v) is 3.87. The van der Waals surface area contributed by atoms with E-state index in [2.05, 4.69) is 27.6 Å². The van der Waals surface area contributed by atoms with Crippen LogP contribution in [0.15, 0.2) is 17.3 Å². The molecule has 1 atom stereocenters. The van der Waals surface area contributed by atoms with Crippen molar-refractivity contribution in [1.82, 2.24) is 10.2 Å². The number of hydrogen-bond donors (Lipinski definition) is 1. The number of aryl methyl sites for hydroxylation is 1. The lowest BCUT2D eigenvalue weighted by Crippen LogP contribution is -2.27. The van der Waals surface area contributed by atoms with Crippen molar-refractivity contribution in [3.8, 4) is 0 Å². The normalized spacial score (nSPS) is 17.0. The van der Waals surface area contributed by atoms with Gasteiger partial charge in [0.05, 0.1) is 9.21 Å². The average Bonchev–Trinajstić information content (AvgIpc) is 3.25. The lowest BCUT2D eigenvalue weighted by molar-refractivity contribution is -0.125. The Morgan fingerprint density at radius 3 is 3.04 bits per heavy atom. The van der Waals surface area contributed by atoms with E-state index < -0.39 is 6.10 Å². The standard InChI is InChI=1S/C14H15ClN4O2S2/c1-2-3-4-12-17-18-14(23-12)16-13(20)9-7-8(19-21-9)10-5-6-11(15)22-10/h5-6,9H,2-4,7H2,1H3,(H,16,18,20). The minimum absolute atomic E-state index is 0.260. The van der Waals surface area contributed by atoms with Crippen LogP contribution in [0, 0.1) is 0 Å². The van der Waals surface area contributed by atoms with Gasteiger partial charge in [-0.1, -0.05) is 41.4 Å². The summed E-state index contributed by atoms with van der Waals surface area (Å²) >= 11 is 8.73. The highest BCUT2D eigenvalue weighted by Gasteiger charge is 2.30. The quantitative estimate of drug-likeness (QED) is 0.840. The van der Waals surface area contributed by atoms with Gasteiger partial charge in [-0.15, -0.1) is 21.5 Å². The fourth-order valence-electron chi connectivity index (χ4n) is 2.05. The van der Waals surface area contributed by atoms with E-state index in [-0.39, 0.29) is 5.91 Å². The molecule has 6 nitrogen and oxygen atoms in total. The Morgan fingerprint density at radius 2 is 2.30 bits per heavy atom. The van der Waals surface area contributed by atoms with Gasteiger partial charge in [-0.05, 0) is 18.6 Å². The Morgan fingerprint density at radius 1 is 1.43 bits per heavy atom. The summed E-state index contributed by atoms with van der Waals surface area (Å²) < 4.78 is 0.684. The number of amides is 1. The molecular weight excluding hydrogens is 356 g/mol. The van der Waals surface area contributed by atoms with Crippen molar-refractivity contribution in [2.75, 3.05) is 5.32 Å². The highest BCUT2D eigenvalue weighted by atomic mass is 35.5. The first-order valence-corrected chi connectivity index (χ1v) is 9.28. The maximum absolute atomic E-state index is 12.2. The van der Waals surface area contributed by atoms with Gasteiger partial charge in [-0.3, -0.25) is 10.1 Å². The second-order valence-corrected chi connectivity index (χ2v) is 7.81. The summed E-state index contributed by atoms with van der Waals surface area (Å²) in [6.07, 6.45) is 2.83. The molecule has 0 radical (unpaired) electrons. The number of unbranched alkanes of at least 4 members (excludes halogenated alkanes) is 1. The summed E-state index contributed by atoms with van der Waals surface area (Å²) in [5.41, 5.74) is 0.739. The van der Waals surface area contributed by atoms with Gasteiger partial charge in [0.1, 0.15) is 10.7 Å². The minimum Gasteiger partial charge on any atom is -0.382 e. The average molecular weight is 371 g/mol. The van der Waals surface area contributed by atoms with Crippen LogP contribution in [0.1, 0.15) is 36.1 Å². The van der Waals surface area contributed by atoms with Crippen molar-refractivity contribution in [3.63, 3.8) is 0 Å². The molecule has 2 aromatic heterocycles. The summed E-state index contributed by atoms with van der Waals surface area (Å²) in [5.74, 6) is -0.260. The molecule has 0 aliphatic carbocycles. The smallest absolute Gasteiger partial charge is 0.270 e. The molecule has 0 saturated heterocycles. The molecule has 0 bridgehead atoms. The Kier molecular flexibility index (Phi) is 5.24. The number of hydrogen-bond acceptors (Lipinski definition) is 7. The van der Waals surface area contributed by atoms with Crippen molar-refractivity contribution < 1.29 is 9.63 Å². The Balaban J connectivity index is 1.54. The molecule has 2 aromatic rings. The molecule has 0 spiro atoms. The lowest BCUT2D eigenvalue weighted by Gasteiger charge is -2.06. The van der Waals surface area contributed by atoms with Crippen molar-refractivity contribution in [3.05, 3.63) is 26.4 Å². The van der Waals surface area contributed by atoms with E-state index in [9.17, 15) is 4.79 Å². The zero-order valence-electron chi connectivity index (χ0n) is 12.4. The molecule has 1 amide bonds. The lowest BCUT2D eigenvalue weighted by atomic mass is 10.1. The summed E-state index contributed by atoms with van der Waals surface area (Å²) in [7, 11) is 0. The van der Waals surface area contributed by atoms with E-state index in [1.807, 2.05) is 6.07 Å². The van der Waals surface area contributed by atoms with Crippen LogP contribution in [-0.2, 0) is 16.1 Å². The van der Waals surface area contributed by atoms with Crippen LogP contribution in [0.25, 0.3) is 0 Å². The van der Waals surface area contributed by atoms with E-state index >= 15 is 0 Å². The Bertz CT molecular complexity index is 728. The Hall–Kier alpha value is -1.51. The van der Waals surface area contributed by atoms with Crippen LogP contribution < -0.4 is 5.32 Å². The number of carbonyl (C=O) groups is 1. The van der Waals surface area contributed by atoms with Gasteiger partial charge in [0, 0.05) is 12.8 Å². The number of carbonyl (C=O) groups excluding carboxylic acids is 1. The molecule has 0 aromatic carbocycles. The molecule has 3 heterocycles. The van der Waals surface area contributed by atoms with Crippen LogP contribution in [-0.4, -0.2) is 27.9 Å². The van der Waals surface area contributed by atoms with Crippen LogP contribution in [0.5, 0.6) is 0 Å². The minimum atomic E-state index is -0.645. The van der Waals surface area contributed by atoms with Gasteiger partial charge in [0.2, 0.25) is 11.2 Å². The molecule has 1 aliphatic heterocycles. The number of nitrogens with zero attached hydrogens (tertiary/aromatic N) is 3. The number of rotatable bonds is 6. The number of halogens is 1. The maximum atomic E-state index is 12.2. The third-order valence-electron chi connectivity index (χ3n) is 3.26. The van der Waals surface area contributed by atoms with Gasteiger partial charge < -0.3 is 4.84 Å². The topological polar surface area (TPSA) is 76.5 Å². The molecule has 1 unspecified atom stereocenters. The van der Waals surface area contributed by atoms with Crippen molar-refractivity contribution in [2.24, 2.45) is 5.16 Å². The first-order chi connectivity index (χ1) is 11.2. The zero-order valence-corrected chi connectivity index (χ0v) is 14.8. The second kappa shape index (κ2) is 7.37. The van der Waals surface area contributed by atoms with E-state index in [4.69, 9.17) is 16.4 Å². The number of oxime groups is 1. The van der Waals surface area contributed by atoms with E-state index in [1.165, 1.54) is 22.7 Å². The second-order valence-electron chi connectivity index (χ2n) is 5.03. The van der Waals surface area contributed by atoms with Gasteiger partial charge >= 0.3 is 0 Å². The number of anilines is 1. The predicted octanol–water partition coefficient (Wildman–Crippen LogP) is 3.73. The highest BCUT2D eigenvalue weighted by Crippen LogP contribution is 2.27. The number of aromatic nitrogens is 2. The molecule has 0 saturated carbocycles. The van der Waals surface area contributed by atoms with Crippen molar-refractivity contribution in [1.29, 1.82) is 0 Å². The molecular formula is C14H15ClN4O2S2. The van der Waals surface area contributed by atoms with Crippen molar-refractivity contribution in [2.45, 2.75) is 38.7 Å². The van der Waals surface area contributed by atoms with E-state index in [0.29, 0.717) is 15.9 Å². The van der Waals surface area contributed by atoms with Crippen LogP contribution in [0.4, 0.5) is 5.13 Å². The summed E-state index contributed by atoms with van der Waals surface area (Å²) in [6.45, 7) is 2.12. The van der Waals surface area contributed by atoms with E-state index in [0.717, 1.165) is 34.9 Å². The molecule has 122 valence electrons. The molecule has 3 rings (SSSR count). The summed E-state index contributed by atoms with van der Waals surface area (Å²) in [5, 5.41) is 16.2. The highest BCUT2D eigenvalue weighted by molar-refractivity contribution is 7.18. The molecule has 1 aliphatic rings. The van der Waals surface area contributed by atoms with Gasteiger partial charge in [-0.25, -0.2) is 0 Å². The SMILES string of the molecule is CCCCc1nnc(NC(=O)C2CC(c3ccc(Cl)s3)=NO2)s1. The third kappa shape index (κ3) is 4.07. The monoisotopic (exact) mass is 370 g/mol. The first-order valence-electron chi connectivity index (χ1n) is 7.27. The predicted molar refractivity (Wildman–Crippen MR) is 92.5 cm³/mol. The van der Waals surface area contributed by atoms with Gasteiger partial charge in [0.25, 0.3) is 5.91 Å². The largest absolute Gasteiger partial charge is 0.382 e. The maximum Gasteiger partial charge on any atom is 0.270 e. The summed E-state index contributed by atoms with van der Waals surface area (Å²) in [6, 6.07) is 3.68. The van der Waals surface area contributed by atoms with Gasteiger partial charge in [-0.2, -0.15) is 0 Å². The third-order valence-corrected chi connectivity index (χ3v) is 5.44. The number of thiophene rings is 1. The Labute approximate surface area is 146 Å². The van der Waals surface area contributed by atoms with Crippen LogP contribution in [0.3, 0.4) is 0 Å². The fraction of sp³-hybridized carbons (Fsp3) is 0.429. The molecule has 1 N–H and O–H groups in total. The van der Waals surface area contributed by atoms with Crippen molar-refractivity contribution >= 4 is 51.0 Å². The molecule has 0 fully saturated rings. The van der Waals surface area contributed by atoms with Crippen LogP contribution >= 0.6 is 34.3 Å². The molecule has 9 heteroatoms. The first kappa shape index (κ1) is 16.4. The summed E-state index contributed by atoms with van der Waals surface area (Å²) in [4.78, 5) is 18.4. The molecule has 23 heavy (non-hydrogen) atoms. The van der Waals surface area contributed by atoms with Crippen LogP contribution in [0.2, 0.25) is 4.34 Å².